The lowest BCUT2D eigenvalue weighted by molar-refractivity contribution is 0.153. The zero-order chi connectivity index (χ0) is 7.33. The zero-order valence-corrected chi connectivity index (χ0v) is 6.74. The third kappa shape index (κ3) is 4.46. The molecule has 0 spiro atoms. The van der Waals surface area contributed by atoms with E-state index in [9.17, 15) is 0 Å². The lowest BCUT2D eigenvalue weighted by atomic mass is 9.87. The highest BCUT2D eigenvalue weighted by atomic mass is 16.5. The quantitative estimate of drug-likeness (QED) is 0.565. The van der Waals surface area contributed by atoms with E-state index >= 15 is 0 Å². The van der Waals surface area contributed by atoms with Crippen molar-refractivity contribution in [3.05, 3.63) is 6.92 Å². The second kappa shape index (κ2) is 3.89. The molecule has 0 saturated carbocycles. The van der Waals surface area contributed by atoms with Crippen molar-refractivity contribution < 1.29 is 4.74 Å². The van der Waals surface area contributed by atoms with Crippen LogP contribution in [0, 0.1) is 12.3 Å². The predicted octanol–water partition coefficient (Wildman–Crippen LogP) is 2.27. The van der Waals surface area contributed by atoms with Crippen molar-refractivity contribution in [2.24, 2.45) is 5.41 Å². The first kappa shape index (κ1) is 8.96. The molecule has 0 aromatic heterocycles. The van der Waals surface area contributed by atoms with Gasteiger partial charge in [0, 0.05) is 13.7 Å². The number of ether oxygens (including phenoxy) is 1. The van der Waals surface area contributed by atoms with Gasteiger partial charge in [0.05, 0.1) is 0 Å². The first-order valence-corrected chi connectivity index (χ1v) is 3.40. The summed E-state index contributed by atoms with van der Waals surface area (Å²) in [5, 5.41) is 0. The molecule has 0 rings (SSSR count). The predicted molar refractivity (Wildman–Crippen MR) is 40.2 cm³/mol. The molecule has 0 aliphatic heterocycles. The third-order valence-corrected chi connectivity index (χ3v) is 1.66. The molecule has 0 aromatic carbocycles. The first-order valence-electron chi connectivity index (χ1n) is 3.40. The molecule has 9 heavy (non-hydrogen) atoms. The van der Waals surface area contributed by atoms with Crippen LogP contribution in [0.2, 0.25) is 0 Å². The van der Waals surface area contributed by atoms with E-state index in [-0.39, 0.29) is 0 Å². The largest absolute Gasteiger partial charge is 0.385 e. The van der Waals surface area contributed by atoms with Crippen LogP contribution in [0.5, 0.6) is 0 Å². The van der Waals surface area contributed by atoms with Gasteiger partial charge in [-0.3, -0.25) is 0 Å². The van der Waals surface area contributed by atoms with Crippen molar-refractivity contribution in [2.45, 2.75) is 26.7 Å². The summed E-state index contributed by atoms with van der Waals surface area (Å²) in [5.74, 6) is 0. The Morgan fingerprint density at radius 3 is 2.33 bits per heavy atom. The maximum absolute atomic E-state index is 4.95. The van der Waals surface area contributed by atoms with Crippen molar-refractivity contribution in [1.82, 2.24) is 0 Å². The lowest BCUT2D eigenvalue weighted by Crippen LogP contribution is -2.12. The smallest absolute Gasteiger partial charge is 0.0467 e. The van der Waals surface area contributed by atoms with Crippen molar-refractivity contribution in [2.75, 3.05) is 13.7 Å². The van der Waals surface area contributed by atoms with Gasteiger partial charge in [-0.1, -0.05) is 20.8 Å². The van der Waals surface area contributed by atoms with E-state index in [2.05, 4.69) is 20.8 Å². The van der Waals surface area contributed by atoms with Crippen molar-refractivity contribution >= 4 is 0 Å². The molecule has 1 radical (unpaired) electrons. The first-order chi connectivity index (χ1) is 4.12. The molecule has 0 heterocycles. The second-order valence-corrected chi connectivity index (χ2v) is 3.16. The summed E-state index contributed by atoms with van der Waals surface area (Å²) in [4.78, 5) is 0. The minimum absolute atomic E-state index is 0.357. The van der Waals surface area contributed by atoms with Crippen LogP contribution in [0.1, 0.15) is 26.7 Å². The van der Waals surface area contributed by atoms with Gasteiger partial charge in [0.25, 0.3) is 0 Å². The Hall–Kier alpha value is -0.0400. The molecule has 1 nitrogen and oxygen atoms in total. The molecule has 0 aromatic rings. The molecule has 0 aliphatic carbocycles. The maximum Gasteiger partial charge on any atom is 0.0467 e. The van der Waals surface area contributed by atoms with Crippen molar-refractivity contribution in [1.29, 1.82) is 0 Å². The average molecular weight is 129 g/mol. The van der Waals surface area contributed by atoms with Crippen LogP contribution in [0.15, 0.2) is 0 Å². The van der Waals surface area contributed by atoms with Gasteiger partial charge in [0.2, 0.25) is 0 Å². The monoisotopic (exact) mass is 129 g/mol. The van der Waals surface area contributed by atoms with Crippen molar-refractivity contribution in [3.8, 4) is 0 Å². The van der Waals surface area contributed by atoms with Gasteiger partial charge in [-0.15, -0.1) is 0 Å². The van der Waals surface area contributed by atoms with Crippen LogP contribution in [0.4, 0.5) is 0 Å². The molecular weight excluding hydrogens is 112 g/mol. The lowest BCUT2D eigenvalue weighted by Gasteiger charge is -2.21. The molecule has 0 aliphatic rings. The van der Waals surface area contributed by atoms with Crippen molar-refractivity contribution in [3.63, 3.8) is 0 Å². The molecule has 0 unspecified atom stereocenters. The minimum Gasteiger partial charge on any atom is -0.385 e. The van der Waals surface area contributed by atoms with Crippen LogP contribution in [0.3, 0.4) is 0 Å². The molecule has 0 amide bonds. The Labute approximate surface area is 58.4 Å². The minimum atomic E-state index is 0.357. The van der Waals surface area contributed by atoms with E-state index in [1.54, 1.807) is 7.11 Å². The van der Waals surface area contributed by atoms with E-state index < -0.39 is 0 Å². The van der Waals surface area contributed by atoms with Gasteiger partial charge >= 0.3 is 0 Å². The maximum atomic E-state index is 4.95. The number of methoxy groups -OCH3 is 1. The molecule has 0 N–H and O–H groups in total. The summed E-state index contributed by atoms with van der Waals surface area (Å²) in [7, 11) is 1.74. The molecule has 55 valence electrons. The fourth-order valence-corrected chi connectivity index (χ4v) is 0.503. The standard InChI is InChI=1S/C8H17O/c1-5-8(2,3)6-7-9-4/h1,5-7H2,2-4H3. The number of rotatable bonds is 4. The molecular formula is C8H17O. The SMILES string of the molecule is [CH2]CC(C)(C)CCOC. The highest BCUT2D eigenvalue weighted by molar-refractivity contribution is 4.68. The average Bonchev–Trinajstić information content (AvgIpc) is 1.84. The third-order valence-electron chi connectivity index (χ3n) is 1.66. The van der Waals surface area contributed by atoms with Gasteiger partial charge in [-0.25, -0.2) is 0 Å². The molecule has 0 fully saturated rings. The normalized spacial score (nSPS) is 12.0. The summed E-state index contributed by atoms with van der Waals surface area (Å²) >= 11 is 0. The van der Waals surface area contributed by atoms with Crippen LogP contribution >= 0.6 is 0 Å². The summed E-state index contributed by atoms with van der Waals surface area (Å²) in [5.41, 5.74) is 0.357. The van der Waals surface area contributed by atoms with E-state index in [4.69, 9.17) is 4.74 Å². The van der Waals surface area contributed by atoms with Crippen LogP contribution in [-0.2, 0) is 4.74 Å². The molecule has 0 atom stereocenters. The van der Waals surface area contributed by atoms with Gasteiger partial charge in [-0.2, -0.15) is 0 Å². The second-order valence-electron chi connectivity index (χ2n) is 3.16. The summed E-state index contributed by atoms with van der Waals surface area (Å²) < 4.78 is 4.95. The molecule has 0 bridgehead atoms. The molecule has 0 saturated heterocycles. The van der Waals surface area contributed by atoms with Crippen LogP contribution in [-0.4, -0.2) is 13.7 Å². The zero-order valence-electron chi connectivity index (χ0n) is 6.74. The van der Waals surface area contributed by atoms with Crippen LogP contribution < -0.4 is 0 Å². The Kier molecular flexibility index (Phi) is 3.87. The Bertz CT molecular complexity index is 67.0. The Balaban J connectivity index is 3.33. The fraction of sp³-hybridized carbons (Fsp3) is 0.875. The highest BCUT2D eigenvalue weighted by Gasteiger charge is 2.13. The van der Waals surface area contributed by atoms with E-state index in [1.807, 2.05) is 0 Å². The topological polar surface area (TPSA) is 9.23 Å². The van der Waals surface area contributed by atoms with Gasteiger partial charge < -0.3 is 4.74 Å². The highest BCUT2D eigenvalue weighted by Crippen LogP contribution is 2.23. The van der Waals surface area contributed by atoms with Gasteiger partial charge in [-0.05, 0) is 18.3 Å². The van der Waals surface area contributed by atoms with Crippen LogP contribution in [0.25, 0.3) is 0 Å². The summed E-state index contributed by atoms with van der Waals surface area (Å²) in [6.45, 7) is 9.12. The van der Waals surface area contributed by atoms with Gasteiger partial charge in [0.15, 0.2) is 0 Å². The van der Waals surface area contributed by atoms with E-state index in [1.165, 1.54) is 0 Å². The van der Waals surface area contributed by atoms with E-state index in [0.717, 1.165) is 19.4 Å². The molecule has 1 heteroatoms. The fourth-order valence-electron chi connectivity index (χ4n) is 0.503. The number of hydrogen-bond donors (Lipinski definition) is 0. The summed E-state index contributed by atoms with van der Waals surface area (Å²) in [6.07, 6.45) is 2.09. The van der Waals surface area contributed by atoms with Gasteiger partial charge in [0.1, 0.15) is 0 Å². The summed E-state index contributed by atoms with van der Waals surface area (Å²) in [6, 6.07) is 0. The van der Waals surface area contributed by atoms with E-state index in [0.29, 0.717) is 5.41 Å². The Morgan fingerprint density at radius 2 is 2.00 bits per heavy atom. The number of hydrogen-bond acceptors (Lipinski definition) is 1. The Morgan fingerprint density at radius 1 is 1.44 bits per heavy atom.